The lowest BCUT2D eigenvalue weighted by Crippen LogP contribution is -2.09. The van der Waals surface area contributed by atoms with Crippen LogP contribution in [-0.2, 0) is 4.79 Å². The number of ether oxygens (including phenoxy) is 2. The first-order valence-electron chi connectivity index (χ1n) is 7.77. The molecule has 1 heterocycles. The average Bonchev–Trinajstić information content (AvgIpc) is 3.39. The van der Waals surface area contributed by atoms with Gasteiger partial charge in [-0.15, -0.1) is 0 Å². The molecule has 2 aromatic carbocycles. The molecule has 0 amide bonds. The van der Waals surface area contributed by atoms with Crippen LogP contribution in [0.2, 0.25) is 10.0 Å². The molecule has 0 aromatic heterocycles. The highest BCUT2D eigenvalue weighted by molar-refractivity contribution is 6.43. The molecule has 0 radical (unpaired) electrons. The van der Waals surface area contributed by atoms with E-state index in [0.29, 0.717) is 32.7 Å². The molecule has 0 saturated heterocycles. The number of Topliss-reactive ketones (excluding diaryl/α,β-unsaturated/α-hetero) is 1. The van der Waals surface area contributed by atoms with Gasteiger partial charge >= 0.3 is 5.97 Å². The molecule has 2 aromatic rings. The normalized spacial score (nSPS) is 17.4. The number of hydrogen-bond donors (Lipinski definition) is 0. The van der Waals surface area contributed by atoms with Gasteiger partial charge in [-0.05, 0) is 42.7 Å². The minimum absolute atomic E-state index is 0.00349. The Kier molecular flexibility index (Phi) is 4.02. The Morgan fingerprint density at radius 3 is 2.76 bits per heavy atom. The van der Waals surface area contributed by atoms with Crippen molar-refractivity contribution in [2.24, 2.45) is 5.92 Å². The van der Waals surface area contributed by atoms with Crippen molar-refractivity contribution in [3.63, 3.8) is 0 Å². The SMILES string of the molecule is O=C1/C(=C/c2cccc(Cl)c2Cl)Oc2cc(OC(=O)C3CC3)ccc21. The van der Waals surface area contributed by atoms with Crippen LogP contribution < -0.4 is 9.47 Å². The molecule has 0 bridgehead atoms. The molecule has 1 aliphatic heterocycles. The first-order chi connectivity index (χ1) is 12.0. The second-order valence-electron chi connectivity index (χ2n) is 5.94. The summed E-state index contributed by atoms with van der Waals surface area (Å²) in [5, 5.41) is 0.747. The Bertz CT molecular complexity index is 929. The van der Waals surface area contributed by atoms with Crippen molar-refractivity contribution >= 4 is 41.0 Å². The van der Waals surface area contributed by atoms with E-state index in [2.05, 4.69) is 0 Å². The highest BCUT2D eigenvalue weighted by Gasteiger charge is 2.33. The summed E-state index contributed by atoms with van der Waals surface area (Å²) >= 11 is 12.1. The van der Waals surface area contributed by atoms with E-state index in [9.17, 15) is 9.59 Å². The number of fused-ring (bicyclic) bond motifs is 1. The fourth-order valence-electron chi connectivity index (χ4n) is 2.52. The van der Waals surface area contributed by atoms with Gasteiger partial charge in [-0.1, -0.05) is 35.3 Å². The Morgan fingerprint density at radius 2 is 2.00 bits per heavy atom. The van der Waals surface area contributed by atoms with Crippen LogP contribution in [0.5, 0.6) is 11.5 Å². The Labute approximate surface area is 153 Å². The van der Waals surface area contributed by atoms with E-state index >= 15 is 0 Å². The zero-order valence-electron chi connectivity index (χ0n) is 12.9. The van der Waals surface area contributed by atoms with E-state index in [1.54, 1.807) is 42.5 Å². The van der Waals surface area contributed by atoms with Gasteiger partial charge in [0.15, 0.2) is 5.76 Å². The Hall–Kier alpha value is -2.30. The second kappa shape index (κ2) is 6.21. The van der Waals surface area contributed by atoms with Crippen LogP contribution in [0.25, 0.3) is 6.08 Å². The van der Waals surface area contributed by atoms with Crippen LogP contribution in [0.1, 0.15) is 28.8 Å². The Balaban J connectivity index is 1.61. The van der Waals surface area contributed by atoms with Crippen molar-refractivity contribution in [2.75, 3.05) is 0 Å². The van der Waals surface area contributed by atoms with E-state index in [1.807, 2.05) is 0 Å². The average molecular weight is 375 g/mol. The third-order valence-electron chi connectivity index (χ3n) is 4.04. The third-order valence-corrected chi connectivity index (χ3v) is 4.87. The fraction of sp³-hybridized carbons (Fsp3) is 0.158. The summed E-state index contributed by atoms with van der Waals surface area (Å²) in [5.41, 5.74) is 1.00. The van der Waals surface area contributed by atoms with Gasteiger partial charge in [0.1, 0.15) is 11.5 Å². The van der Waals surface area contributed by atoms with Crippen molar-refractivity contribution in [2.45, 2.75) is 12.8 Å². The molecule has 0 unspecified atom stereocenters. The molecule has 126 valence electrons. The maximum atomic E-state index is 12.5. The lowest BCUT2D eigenvalue weighted by molar-refractivity contribution is -0.135. The van der Waals surface area contributed by atoms with Crippen LogP contribution in [0.15, 0.2) is 42.2 Å². The van der Waals surface area contributed by atoms with E-state index in [0.717, 1.165) is 12.8 Å². The standard InChI is InChI=1S/C19H12Cl2O4/c20-14-3-1-2-11(17(14)21)8-16-18(22)13-7-6-12(9-15(13)25-16)24-19(23)10-4-5-10/h1-3,6-10H,4-5H2/b16-8-. The summed E-state index contributed by atoms with van der Waals surface area (Å²) in [5.74, 6) is 0.360. The van der Waals surface area contributed by atoms with Gasteiger partial charge in [0.2, 0.25) is 5.78 Å². The van der Waals surface area contributed by atoms with Crippen molar-refractivity contribution < 1.29 is 19.1 Å². The maximum Gasteiger partial charge on any atom is 0.314 e. The van der Waals surface area contributed by atoms with Crippen LogP contribution in [0.4, 0.5) is 0 Å². The smallest absolute Gasteiger partial charge is 0.314 e. The summed E-state index contributed by atoms with van der Waals surface area (Å²) in [6.45, 7) is 0. The zero-order chi connectivity index (χ0) is 17.6. The van der Waals surface area contributed by atoms with Gasteiger partial charge in [-0.2, -0.15) is 0 Å². The summed E-state index contributed by atoms with van der Waals surface area (Å²) in [6, 6.07) is 9.88. The van der Waals surface area contributed by atoms with Crippen molar-refractivity contribution in [3.8, 4) is 11.5 Å². The van der Waals surface area contributed by atoms with Crippen molar-refractivity contribution in [1.82, 2.24) is 0 Å². The molecule has 2 aliphatic rings. The summed E-state index contributed by atoms with van der Waals surface area (Å²) in [4.78, 5) is 24.2. The monoisotopic (exact) mass is 374 g/mol. The number of esters is 1. The van der Waals surface area contributed by atoms with Crippen LogP contribution in [0, 0.1) is 5.92 Å². The fourth-order valence-corrected chi connectivity index (χ4v) is 2.88. The number of carbonyl (C=O) groups is 2. The van der Waals surface area contributed by atoms with Gasteiger partial charge in [-0.3, -0.25) is 9.59 Å². The third kappa shape index (κ3) is 3.15. The van der Waals surface area contributed by atoms with Gasteiger partial charge in [0.05, 0.1) is 21.5 Å². The molecule has 1 saturated carbocycles. The lowest BCUT2D eigenvalue weighted by atomic mass is 10.1. The molecular formula is C19H12Cl2O4. The second-order valence-corrected chi connectivity index (χ2v) is 6.72. The van der Waals surface area contributed by atoms with Crippen molar-refractivity contribution in [1.29, 1.82) is 0 Å². The summed E-state index contributed by atoms with van der Waals surface area (Å²) < 4.78 is 10.9. The topological polar surface area (TPSA) is 52.6 Å². The number of carbonyl (C=O) groups excluding carboxylic acids is 2. The van der Waals surface area contributed by atoms with Gasteiger partial charge in [-0.25, -0.2) is 0 Å². The minimum Gasteiger partial charge on any atom is -0.452 e. The van der Waals surface area contributed by atoms with Gasteiger partial charge in [0, 0.05) is 6.07 Å². The molecule has 1 fully saturated rings. The zero-order valence-corrected chi connectivity index (χ0v) is 14.4. The minimum atomic E-state index is -0.258. The predicted octanol–water partition coefficient (Wildman–Crippen LogP) is 4.93. The first-order valence-corrected chi connectivity index (χ1v) is 8.52. The summed E-state index contributed by atoms with van der Waals surface area (Å²) in [6.07, 6.45) is 3.28. The first kappa shape index (κ1) is 16.2. The van der Waals surface area contributed by atoms with Crippen LogP contribution in [-0.4, -0.2) is 11.8 Å². The number of ketones is 1. The number of benzene rings is 2. The molecule has 0 spiro atoms. The van der Waals surface area contributed by atoms with Crippen molar-refractivity contribution in [3.05, 3.63) is 63.3 Å². The largest absolute Gasteiger partial charge is 0.452 e. The number of allylic oxidation sites excluding steroid dienone is 1. The Morgan fingerprint density at radius 1 is 1.20 bits per heavy atom. The lowest BCUT2D eigenvalue weighted by Gasteiger charge is -2.04. The molecular weight excluding hydrogens is 363 g/mol. The molecule has 6 heteroatoms. The highest BCUT2D eigenvalue weighted by Crippen LogP contribution is 2.37. The number of hydrogen-bond acceptors (Lipinski definition) is 4. The van der Waals surface area contributed by atoms with E-state index < -0.39 is 0 Å². The van der Waals surface area contributed by atoms with Gasteiger partial charge in [0.25, 0.3) is 0 Å². The quantitative estimate of drug-likeness (QED) is 0.434. The number of rotatable bonds is 3. The molecule has 0 atom stereocenters. The maximum absolute atomic E-state index is 12.5. The summed E-state index contributed by atoms with van der Waals surface area (Å²) in [7, 11) is 0. The molecule has 4 nitrogen and oxygen atoms in total. The van der Waals surface area contributed by atoms with Crippen LogP contribution in [0.3, 0.4) is 0 Å². The molecule has 1 aliphatic carbocycles. The highest BCUT2D eigenvalue weighted by atomic mass is 35.5. The molecule has 0 N–H and O–H groups in total. The van der Waals surface area contributed by atoms with E-state index in [4.69, 9.17) is 32.7 Å². The predicted molar refractivity (Wildman–Crippen MR) is 94.2 cm³/mol. The van der Waals surface area contributed by atoms with Crippen LogP contribution >= 0.6 is 23.2 Å². The van der Waals surface area contributed by atoms with E-state index in [1.165, 1.54) is 0 Å². The van der Waals surface area contributed by atoms with E-state index in [-0.39, 0.29) is 23.4 Å². The molecule has 25 heavy (non-hydrogen) atoms. The van der Waals surface area contributed by atoms with Gasteiger partial charge < -0.3 is 9.47 Å². The molecule has 4 rings (SSSR count). The number of halogens is 2.